The van der Waals surface area contributed by atoms with E-state index in [0.29, 0.717) is 28.2 Å². The molecule has 0 N–H and O–H groups in total. The van der Waals surface area contributed by atoms with Gasteiger partial charge in [-0.1, -0.05) is 30.3 Å². The van der Waals surface area contributed by atoms with E-state index in [1.807, 2.05) is 37.3 Å². The van der Waals surface area contributed by atoms with Crippen molar-refractivity contribution in [1.29, 1.82) is 0 Å². The van der Waals surface area contributed by atoms with Crippen LogP contribution in [0.5, 0.6) is 17.2 Å². The molecule has 0 saturated carbocycles. The molecule has 3 aromatic rings. The van der Waals surface area contributed by atoms with Crippen molar-refractivity contribution in [3.8, 4) is 28.4 Å². The summed E-state index contributed by atoms with van der Waals surface area (Å²) in [6, 6.07) is 11.1. The second kappa shape index (κ2) is 6.28. The second-order valence-corrected chi connectivity index (χ2v) is 5.27. The Morgan fingerprint density at radius 1 is 0.875 bits per heavy atom. The van der Waals surface area contributed by atoms with Gasteiger partial charge in [0.15, 0.2) is 11.3 Å². The highest BCUT2D eigenvalue weighted by atomic mass is 16.5. The van der Waals surface area contributed by atoms with E-state index in [9.17, 15) is 4.79 Å². The molecule has 0 spiro atoms. The lowest BCUT2D eigenvalue weighted by Crippen LogP contribution is -2.04. The van der Waals surface area contributed by atoms with E-state index in [0.717, 1.165) is 16.7 Å². The van der Waals surface area contributed by atoms with Gasteiger partial charge in [0.2, 0.25) is 5.75 Å². The fourth-order valence-electron chi connectivity index (χ4n) is 2.97. The largest absolute Gasteiger partial charge is 0.496 e. The zero-order chi connectivity index (χ0) is 17.3. The van der Waals surface area contributed by atoms with Crippen molar-refractivity contribution in [2.45, 2.75) is 6.92 Å². The highest BCUT2D eigenvalue weighted by Crippen LogP contribution is 2.47. The van der Waals surface area contributed by atoms with Gasteiger partial charge in [-0.25, -0.2) is 4.79 Å². The minimum Gasteiger partial charge on any atom is -0.496 e. The fraction of sp³-hybridized carbons (Fsp3) is 0.211. The maximum Gasteiger partial charge on any atom is 0.336 e. The van der Waals surface area contributed by atoms with Crippen molar-refractivity contribution in [2.24, 2.45) is 0 Å². The Morgan fingerprint density at radius 3 is 2.08 bits per heavy atom. The number of ether oxygens (including phenoxy) is 3. The van der Waals surface area contributed by atoms with Crippen LogP contribution >= 0.6 is 0 Å². The van der Waals surface area contributed by atoms with Gasteiger partial charge >= 0.3 is 5.63 Å². The van der Waals surface area contributed by atoms with Crippen molar-refractivity contribution >= 4 is 11.0 Å². The minimum absolute atomic E-state index is 0.308. The molecule has 5 heteroatoms. The van der Waals surface area contributed by atoms with Gasteiger partial charge < -0.3 is 18.6 Å². The molecule has 24 heavy (non-hydrogen) atoms. The molecule has 2 aromatic carbocycles. The highest BCUT2D eigenvalue weighted by molar-refractivity contribution is 6.03. The van der Waals surface area contributed by atoms with Crippen LogP contribution in [0.15, 0.2) is 45.6 Å². The molecule has 0 aliphatic rings. The van der Waals surface area contributed by atoms with Gasteiger partial charge in [-0.15, -0.1) is 0 Å². The van der Waals surface area contributed by atoms with Crippen LogP contribution in [0.25, 0.3) is 22.1 Å². The first-order valence-corrected chi connectivity index (χ1v) is 7.44. The molecule has 3 rings (SSSR count). The number of fused-ring (bicyclic) bond motifs is 1. The first-order chi connectivity index (χ1) is 11.6. The third-order valence-corrected chi connectivity index (χ3v) is 3.98. The fourth-order valence-corrected chi connectivity index (χ4v) is 2.97. The monoisotopic (exact) mass is 326 g/mol. The minimum atomic E-state index is -0.465. The number of hydrogen-bond acceptors (Lipinski definition) is 5. The van der Waals surface area contributed by atoms with Crippen LogP contribution in [-0.4, -0.2) is 21.3 Å². The van der Waals surface area contributed by atoms with Crippen molar-refractivity contribution in [3.63, 3.8) is 0 Å². The lowest BCUT2D eigenvalue weighted by molar-refractivity contribution is 0.344. The number of methoxy groups -OCH3 is 3. The molecule has 1 heterocycles. The maximum atomic E-state index is 12.1. The summed E-state index contributed by atoms with van der Waals surface area (Å²) in [4.78, 5) is 12.1. The third-order valence-electron chi connectivity index (χ3n) is 3.98. The van der Waals surface area contributed by atoms with Gasteiger partial charge in [-0.05, 0) is 12.5 Å². The Labute approximate surface area is 139 Å². The molecule has 0 atom stereocenters. The quantitative estimate of drug-likeness (QED) is 0.683. The van der Waals surface area contributed by atoms with Gasteiger partial charge in [0, 0.05) is 17.2 Å². The molecule has 0 saturated heterocycles. The van der Waals surface area contributed by atoms with Gasteiger partial charge in [0.1, 0.15) is 5.75 Å². The number of benzene rings is 2. The molecule has 0 amide bonds. The van der Waals surface area contributed by atoms with Crippen LogP contribution in [-0.2, 0) is 0 Å². The first kappa shape index (κ1) is 15.9. The molecular weight excluding hydrogens is 308 g/mol. The molecule has 1 aromatic heterocycles. The summed E-state index contributed by atoms with van der Waals surface area (Å²) in [5.74, 6) is 1.45. The predicted octanol–water partition coefficient (Wildman–Crippen LogP) is 3.79. The van der Waals surface area contributed by atoms with E-state index in [-0.39, 0.29) is 0 Å². The lowest BCUT2D eigenvalue weighted by atomic mass is 9.98. The normalized spacial score (nSPS) is 10.7. The van der Waals surface area contributed by atoms with Crippen LogP contribution in [0.2, 0.25) is 0 Å². The molecule has 0 bridgehead atoms. The molecule has 124 valence electrons. The van der Waals surface area contributed by atoms with Crippen molar-refractivity contribution in [3.05, 3.63) is 52.4 Å². The summed E-state index contributed by atoms with van der Waals surface area (Å²) in [5, 5.41) is 0.679. The van der Waals surface area contributed by atoms with Crippen LogP contribution in [0.3, 0.4) is 0 Å². The number of rotatable bonds is 4. The zero-order valence-corrected chi connectivity index (χ0v) is 14.0. The van der Waals surface area contributed by atoms with Crippen LogP contribution in [0.1, 0.15) is 5.56 Å². The van der Waals surface area contributed by atoms with E-state index in [1.165, 1.54) is 20.3 Å². The van der Waals surface area contributed by atoms with Crippen molar-refractivity contribution in [2.75, 3.05) is 21.3 Å². The Hall–Kier alpha value is -2.95. The molecular formula is C19H18O5. The van der Waals surface area contributed by atoms with Crippen molar-refractivity contribution < 1.29 is 18.6 Å². The standard InChI is InChI=1S/C19H18O5/c1-11-16(21-2)15-13(12-8-6-5-7-9-12)10-14(20)24-18(15)19(23-4)17(11)22-3/h5-10H,1-4H3. The topological polar surface area (TPSA) is 57.9 Å². The van der Waals surface area contributed by atoms with E-state index in [4.69, 9.17) is 18.6 Å². The van der Waals surface area contributed by atoms with E-state index >= 15 is 0 Å². The average molecular weight is 326 g/mol. The smallest absolute Gasteiger partial charge is 0.336 e. The summed E-state index contributed by atoms with van der Waals surface area (Å²) < 4.78 is 21.9. The van der Waals surface area contributed by atoms with Gasteiger partial charge in [-0.3, -0.25) is 0 Å². The Bertz CT molecular complexity index is 942. The van der Waals surface area contributed by atoms with Gasteiger partial charge in [0.25, 0.3) is 0 Å². The molecule has 5 nitrogen and oxygen atoms in total. The highest BCUT2D eigenvalue weighted by Gasteiger charge is 2.24. The van der Waals surface area contributed by atoms with E-state index in [1.54, 1.807) is 7.11 Å². The predicted molar refractivity (Wildman–Crippen MR) is 92.3 cm³/mol. The molecule has 0 radical (unpaired) electrons. The lowest BCUT2D eigenvalue weighted by Gasteiger charge is -2.18. The summed E-state index contributed by atoms with van der Waals surface area (Å²) in [6.07, 6.45) is 0. The molecule has 0 fully saturated rings. The summed E-state index contributed by atoms with van der Waals surface area (Å²) in [6.45, 7) is 1.87. The summed E-state index contributed by atoms with van der Waals surface area (Å²) in [7, 11) is 4.63. The Kier molecular flexibility index (Phi) is 4.16. The Morgan fingerprint density at radius 2 is 1.50 bits per heavy atom. The second-order valence-electron chi connectivity index (χ2n) is 5.27. The van der Waals surface area contributed by atoms with Gasteiger partial charge in [-0.2, -0.15) is 0 Å². The zero-order valence-electron chi connectivity index (χ0n) is 14.0. The molecule has 0 unspecified atom stereocenters. The first-order valence-electron chi connectivity index (χ1n) is 7.44. The van der Waals surface area contributed by atoms with Crippen LogP contribution in [0, 0.1) is 6.92 Å². The Balaban J connectivity index is 2.56. The SMILES string of the molecule is COc1c(C)c(OC)c2c(-c3ccccc3)cc(=O)oc2c1OC. The maximum absolute atomic E-state index is 12.1. The third kappa shape index (κ3) is 2.38. The molecule has 0 aliphatic carbocycles. The van der Waals surface area contributed by atoms with Gasteiger partial charge in [0.05, 0.1) is 26.7 Å². The van der Waals surface area contributed by atoms with Crippen LogP contribution in [0.4, 0.5) is 0 Å². The van der Waals surface area contributed by atoms with E-state index < -0.39 is 5.63 Å². The van der Waals surface area contributed by atoms with E-state index in [2.05, 4.69) is 0 Å². The average Bonchev–Trinajstić information content (AvgIpc) is 2.61. The summed E-state index contributed by atoms with van der Waals surface area (Å²) in [5.41, 5.74) is 2.23. The van der Waals surface area contributed by atoms with Crippen LogP contribution < -0.4 is 19.8 Å². The van der Waals surface area contributed by atoms with Crippen molar-refractivity contribution in [1.82, 2.24) is 0 Å². The number of hydrogen-bond donors (Lipinski definition) is 0. The molecule has 0 aliphatic heterocycles. The summed E-state index contributed by atoms with van der Waals surface area (Å²) >= 11 is 0.